The van der Waals surface area contributed by atoms with Gasteiger partial charge in [0.1, 0.15) is 23.4 Å². The number of ether oxygens (including phenoxy) is 2. The Kier molecular flexibility index (Phi) is 5.75. The maximum absolute atomic E-state index is 12.8. The number of halogens is 1. The normalized spacial score (nSPS) is 11.7. The molecule has 7 nitrogen and oxygen atoms in total. The lowest BCUT2D eigenvalue weighted by atomic mass is 10.0. The number of nitrogens with zero attached hydrogens (tertiary/aromatic N) is 3. The summed E-state index contributed by atoms with van der Waals surface area (Å²) >= 11 is 3.34. The third kappa shape index (κ3) is 4.28. The van der Waals surface area contributed by atoms with Gasteiger partial charge in [-0.25, -0.2) is 4.98 Å². The number of aryl methyl sites for hydroxylation is 1. The first-order chi connectivity index (χ1) is 13.0. The van der Waals surface area contributed by atoms with E-state index < -0.39 is 6.04 Å². The zero-order valence-corrected chi connectivity index (χ0v) is 16.7. The van der Waals surface area contributed by atoms with E-state index in [2.05, 4.69) is 31.2 Å². The van der Waals surface area contributed by atoms with Crippen LogP contribution in [0, 0.1) is 0 Å². The summed E-state index contributed by atoms with van der Waals surface area (Å²) < 4.78 is 13.3. The third-order valence-electron chi connectivity index (χ3n) is 4.07. The molecule has 2 heterocycles. The predicted molar refractivity (Wildman–Crippen MR) is 104 cm³/mol. The molecule has 1 atom stereocenters. The summed E-state index contributed by atoms with van der Waals surface area (Å²) in [6.45, 7) is 0. The number of amides is 1. The lowest BCUT2D eigenvalue weighted by molar-refractivity contribution is 0.0940. The second-order valence-electron chi connectivity index (χ2n) is 5.84. The van der Waals surface area contributed by atoms with E-state index in [1.54, 1.807) is 38.7 Å². The highest BCUT2D eigenvalue weighted by Crippen LogP contribution is 2.29. The van der Waals surface area contributed by atoms with E-state index in [9.17, 15) is 4.79 Å². The van der Waals surface area contributed by atoms with Gasteiger partial charge >= 0.3 is 0 Å². The fourth-order valence-electron chi connectivity index (χ4n) is 2.70. The van der Waals surface area contributed by atoms with Gasteiger partial charge in [0.25, 0.3) is 5.91 Å². The molecular formula is C19H19BrN4O3. The summed E-state index contributed by atoms with van der Waals surface area (Å²) in [7, 11) is 5.04. The van der Waals surface area contributed by atoms with Gasteiger partial charge in [-0.3, -0.25) is 9.78 Å². The van der Waals surface area contributed by atoms with E-state index in [0.717, 1.165) is 10.0 Å². The Labute approximate surface area is 165 Å². The molecule has 0 unspecified atom stereocenters. The number of nitrogens with one attached hydrogen (secondary N) is 1. The van der Waals surface area contributed by atoms with Crippen LogP contribution in [0.3, 0.4) is 0 Å². The molecule has 2 aromatic heterocycles. The lowest BCUT2D eigenvalue weighted by Crippen LogP contribution is -2.31. The minimum absolute atomic E-state index is 0.265. The number of hydrogen-bond acceptors (Lipinski definition) is 5. The molecule has 0 radical (unpaired) electrons. The number of aromatic nitrogens is 3. The Bertz CT molecular complexity index is 935. The molecule has 1 N–H and O–H groups in total. The Morgan fingerprint density at radius 3 is 2.41 bits per heavy atom. The fourth-order valence-corrected chi connectivity index (χ4v) is 3.06. The molecular weight excluding hydrogens is 412 g/mol. The Balaban J connectivity index is 2.02. The van der Waals surface area contributed by atoms with Crippen molar-refractivity contribution >= 4 is 21.8 Å². The molecule has 0 aliphatic rings. The summed E-state index contributed by atoms with van der Waals surface area (Å²) in [5, 5.41) is 3.03. The van der Waals surface area contributed by atoms with E-state index in [4.69, 9.17) is 9.47 Å². The molecule has 0 saturated heterocycles. The number of imidazole rings is 1. The molecule has 0 aliphatic carbocycles. The molecule has 3 rings (SSSR count). The van der Waals surface area contributed by atoms with Gasteiger partial charge in [-0.1, -0.05) is 0 Å². The van der Waals surface area contributed by atoms with Crippen molar-refractivity contribution in [1.29, 1.82) is 0 Å². The Morgan fingerprint density at radius 1 is 1.15 bits per heavy atom. The van der Waals surface area contributed by atoms with Gasteiger partial charge in [-0.15, -0.1) is 0 Å². The first-order valence-corrected chi connectivity index (χ1v) is 8.92. The molecule has 27 heavy (non-hydrogen) atoms. The Hall–Kier alpha value is -2.87. The van der Waals surface area contributed by atoms with Gasteiger partial charge in [0, 0.05) is 42.4 Å². The first kappa shape index (κ1) is 18.9. The fraction of sp³-hybridized carbons (Fsp3) is 0.211. The number of benzene rings is 1. The molecule has 3 aromatic rings. The van der Waals surface area contributed by atoms with E-state index in [0.29, 0.717) is 22.9 Å². The highest BCUT2D eigenvalue weighted by molar-refractivity contribution is 9.10. The molecule has 0 aliphatic heterocycles. The van der Waals surface area contributed by atoms with Crippen molar-refractivity contribution in [3.63, 3.8) is 0 Å². The number of carbonyl (C=O) groups is 1. The SMILES string of the molecule is COc1cc(OC)cc([C@H](NC(=O)c2cncc(Br)c2)c2nccn2C)c1. The molecule has 0 fully saturated rings. The molecule has 0 saturated carbocycles. The standard InChI is InChI=1S/C19H19BrN4O3/c1-24-5-4-22-18(24)17(12-7-15(26-2)9-16(8-12)27-3)23-19(25)13-6-14(20)11-21-10-13/h4-11,17H,1-3H3,(H,23,25)/t17-/m0/s1. The quantitative estimate of drug-likeness (QED) is 0.649. The van der Waals surface area contributed by atoms with Crippen LogP contribution >= 0.6 is 15.9 Å². The van der Waals surface area contributed by atoms with Crippen molar-refractivity contribution in [2.45, 2.75) is 6.04 Å². The van der Waals surface area contributed by atoms with Crippen molar-refractivity contribution in [3.05, 3.63) is 70.5 Å². The van der Waals surface area contributed by atoms with Crippen molar-refractivity contribution in [3.8, 4) is 11.5 Å². The maximum Gasteiger partial charge on any atom is 0.253 e. The van der Waals surface area contributed by atoms with Gasteiger partial charge in [0.05, 0.1) is 19.8 Å². The van der Waals surface area contributed by atoms with Crippen LogP contribution in [0.5, 0.6) is 11.5 Å². The molecule has 1 amide bonds. The van der Waals surface area contributed by atoms with Crippen LogP contribution < -0.4 is 14.8 Å². The smallest absolute Gasteiger partial charge is 0.253 e. The third-order valence-corrected chi connectivity index (χ3v) is 4.50. The summed E-state index contributed by atoms with van der Waals surface area (Å²) in [5.41, 5.74) is 1.23. The zero-order chi connectivity index (χ0) is 19.4. The second-order valence-corrected chi connectivity index (χ2v) is 6.76. The van der Waals surface area contributed by atoms with Gasteiger partial charge in [-0.05, 0) is 39.7 Å². The largest absolute Gasteiger partial charge is 0.497 e. The average Bonchev–Trinajstić information content (AvgIpc) is 3.11. The highest BCUT2D eigenvalue weighted by Gasteiger charge is 2.23. The van der Waals surface area contributed by atoms with Crippen LogP contribution in [-0.2, 0) is 7.05 Å². The number of hydrogen-bond donors (Lipinski definition) is 1. The predicted octanol–water partition coefficient (Wildman–Crippen LogP) is 3.11. The summed E-state index contributed by atoms with van der Waals surface area (Å²) in [6.07, 6.45) is 6.65. The van der Waals surface area contributed by atoms with Gasteiger partial charge < -0.3 is 19.4 Å². The van der Waals surface area contributed by atoms with Crippen LogP contribution in [0.15, 0.2) is 53.5 Å². The second kappa shape index (κ2) is 8.22. The van der Waals surface area contributed by atoms with Gasteiger partial charge in [0.2, 0.25) is 0 Å². The lowest BCUT2D eigenvalue weighted by Gasteiger charge is -2.20. The van der Waals surface area contributed by atoms with Crippen molar-refractivity contribution in [2.24, 2.45) is 7.05 Å². The topological polar surface area (TPSA) is 78.3 Å². The van der Waals surface area contributed by atoms with Crippen LogP contribution in [0.1, 0.15) is 27.8 Å². The van der Waals surface area contributed by atoms with Crippen LogP contribution in [0.4, 0.5) is 0 Å². The zero-order valence-electron chi connectivity index (χ0n) is 15.1. The van der Waals surface area contributed by atoms with Crippen LogP contribution in [0.2, 0.25) is 0 Å². The van der Waals surface area contributed by atoms with E-state index in [1.807, 2.05) is 29.9 Å². The van der Waals surface area contributed by atoms with Crippen LogP contribution in [0.25, 0.3) is 0 Å². The van der Waals surface area contributed by atoms with E-state index >= 15 is 0 Å². The van der Waals surface area contributed by atoms with Crippen LogP contribution in [-0.4, -0.2) is 34.7 Å². The molecule has 0 bridgehead atoms. The van der Waals surface area contributed by atoms with Gasteiger partial charge in [-0.2, -0.15) is 0 Å². The minimum atomic E-state index is -0.500. The van der Waals surface area contributed by atoms with E-state index in [-0.39, 0.29) is 5.91 Å². The Morgan fingerprint density at radius 2 is 1.85 bits per heavy atom. The number of pyridine rings is 1. The average molecular weight is 431 g/mol. The summed E-state index contributed by atoms with van der Waals surface area (Å²) in [6, 6.07) is 6.69. The number of methoxy groups -OCH3 is 2. The van der Waals surface area contributed by atoms with Crippen molar-refractivity contribution in [2.75, 3.05) is 14.2 Å². The summed E-state index contributed by atoms with van der Waals surface area (Å²) in [4.78, 5) is 21.3. The first-order valence-electron chi connectivity index (χ1n) is 8.13. The minimum Gasteiger partial charge on any atom is -0.497 e. The monoisotopic (exact) mass is 430 g/mol. The maximum atomic E-state index is 12.8. The van der Waals surface area contributed by atoms with Gasteiger partial charge in [0.15, 0.2) is 0 Å². The number of carbonyl (C=O) groups excluding carboxylic acids is 1. The van der Waals surface area contributed by atoms with Crippen molar-refractivity contribution in [1.82, 2.24) is 19.9 Å². The van der Waals surface area contributed by atoms with Crippen molar-refractivity contribution < 1.29 is 14.3 Å². The molecule has 1 aromatic carbocycles. The summed E-state index contributed by atoms with van der Waals surface area (Å²) in [5.74, 6) is 1.67. The molecule has 8 heteroatoms. The van der Waals surface area contributed by atoms with E-state index in [1.165, 1.54) is 6.20 Å². The highest BCUT2D eigenvalue weighted by atomic mass is 79.9. The molecule has 0 spiro atoms. The number of rotatable bonds is 6. The molecule has 140 valence electrons.